The van der Waals surface area contributed by atoms with Crippen LogP contribution in [0.25, 0.3) is 0 Å². The summed E-state index contributed by atoms with van der Waals surface area (Å²) in [5.74, 6) is 0. The quantitative estimate of drug-likeness (QED) is 0.857. The van der Waals surface area contributed by atoms with Gasteiger partial charge in [0.05, 0.1) is 12.5 Å². The molecule has 16 heavy (non-hydrogen) atoms. The van der Waals surface area contributed by atoms with Crippen LogP contribution in [0.15, 0.2) is 41.3 Å². The summed E-state index contributed by atoms with van der Waals surface area (Å²) in [6.07, 6.45) is 5.06. The van der Waals surface area contributed by atoms with Crippen LogP contribution in [-0.4, -0.2) is 4.98 Å². The van der Waals surface area contributed by atoms with Crippen LogP contribution in [0.3, 0.4) is 0 Å². The second kappa shape index (κ2) is 6.53. The van der Waals surface area contributed by atoms with E-state index < -0.39 is 0 Å². The van der Waals surface area contributed by atoms with Gasteiger partial charge in [-0.15, -0.1) is 12.4 Å². The van der Waals surface area contributed by atoms with Crippen LogP contribution in [0, 0.1) is 0 Å². The molecular formula is C11H12Cl2N2O. The SMILES string of the molecule is Cl.Clc1ncccc1CNCc1ccoc1. The highest BCUT2D eigenvalue weighted by atomic mass is 35.5. The van der Waals surface area contributed by atoms with E-state index >= 15 is 0 Å². The van der Waals surface area contributed by atoms with Crippen LogP contribution in [0.5, 0.6) is 0 Å². The molecule has 0 aliphatic carbocycles. The van der Waals surface area contributed by atoms with E-state index in [2.05, 4.69) is 10.3 Å². The lowest BCUT2D eigenvalue weighted by Gasteiger charge is -2.04. The van der Waals surface area contributed by atoms with Crippen molar-refractivity contribution in [3.8, 4) is 0 Å². The average molecular weight is 259 g/mol. The number of nitrogens with zero attached hydrogens (tertiary/aromatic N) is 1. The summed E-state index contributed by atoms with van der Waals surface area (Å²) in [7, 11) is 0. The molecule has 0 saturated heterocycles. The summed E-state index contributed by atoms with van der Waals surface area (Å²) >= 11 is 5.92. The van der Waals surface area contributed by atoms with E-state index in [1.165, 1.54) is 0 Å². The maximum absolute atomic E-state index is 5.92. The minimum absolute atomic E-state index is 0. The molecule has 2 aromatic heterocycles. The average Bonchev–Trinajstić information content (AvgIpc) is 2.74. The molecule has 5 heteroatoms. The van der Waals surface area contributed by atoms with Gasteiger partial charge in [-0.05, 0) is 12.1 Å². The van der Waals surface area contributed by atoms with Crippen LogP contribution in [0.1, 0.15) is 11.1 Å². The Balaban J connectivity index is 0.00000128. The number of halogens is 2. The highest BCUT2D eigenvalue weighted by Gasteiger charge is 1.99. The minimum Gasteiger partial charge on any atom is -0.472 e. The molecule has 0 radical (unpaired) electrons. The molecule has 2 rings (SSSR count). The molecular weight excluding hydrogens is 247 g/mol. The molecule has 0 saturated carbocycles. The number of hydrogen-bond donors (Lipinski definition) is 1. The summed E-state index contributed by atoms with van der Waals surface area (Å²) in [6.45, 7) is 1.47. The van der Waals surface area contributed by atoms with Crippen molar-refractivity contribution >= 4 is 24.0 Å². The van der Waals surface area contributed by atoms with Crippen molar-refractivity contribution in [2.75, 3.05) is 0 Å². The van der Waals surface area contributed by atoms with Crippen LogP contribution in [-0.2, 0) is 13.1 Å². The molecule has 2 heterocycles. The fraction of sp³-hybridized carbons (Fsp3) is 0.182. The lowest BCUT2D eigenvalue weighted by atomic mass is 10.2. The predicted molar refractivity (Wildman–Crippen MR) is 65.7 cm³/mol. The zero-order valence-corrected chi connectivity index (χ0v) is 10.1. The Labute approximate surface area is 105 Å². The molecule has 0 atom stereocenters. The Morgan fingerprint density at radius 2 is 2.19 bits per heavy atom. The Hall–Kier alpha value is -1.03. The molecule has 0 unspecified atom stereocenters. The summed E-state index contributed by atoms with van der Waals surface area (Å²) < 4.78 is 4.96. The van der Waals surface area contributed by atoms with Crippen molar-refractivity contribution in [1.82, 2.24) is 10.3 Å². The van der Waals surface area contributed by atoms with Gasteiger partial charge in [-0.2, -0.15) is 0 Å². The van der Waals surface area contributed by atoms with Gasteiger partial charge in [-0.3, -0.25) is 0 Å². The minimum atomic E-state index is 0. The highest BCUT2D eigenvalue weighted by Crippen LogP contribution is 2.11. The van der Waals surface area contributed by atoms with Crippen LogP contribution in [0.4, 0.5) is 0 Å². The number of aromatic nitrogens is 1. The van der Waals surface area contributed by atoms with E-state index in [4.69, 9.17) is 16.0 Å². The molecule has 0 amide bonds. The third kappa shape index (κ3) is 3.52. The van der Waals surface area contributed by atoms with E-state index in [1.807, 2.05) is 18.2 Å². The van der Waals surface area contributed by atoms with Gasteiger partial charge in [0.2, 0.25) is 0 Å². The molecule has 1 N–H and O–H groups in total. The maximum atomic E-state index is 5.92. The third-order valence-corrected chi connectivity index (χ3v) is 2.40. The van der Waals surface area contributed by atoms with Crippen molar-refractivity contribution < 1.29 is 4.42 Å². The number of rotatable bonds is 4. The fourth-order valence-corrected chi connectivity index (χ4v) is 1.47. The van der Waals surface area contributed by atoms with Gasteiger partial charge < -0.3 is 9.73 Å². The number of nitrogens with one attached hydrogen (secondary N) is 1. The maximum Gasteiger partial charge on any atom is 0.133 e. The molecule has 0 aliphatic rings. The summed E-state index contributed by atoms with van der Waals surface area (Å²) in [6, 6.07) is 5.76. The normalized spacial score (nSPS) is 9.81. The first kappa shape index (κ1) is 13.0. The Morgan fingerprint density at radius 1 is 1.31 bits per heavy atom. The van der Waals surface area contributed by atoms with Gasteiger partial charge in [0.25, 0.3) is 0 Å². The smallest absolute Gasteiger partial charge is 0.133 e. The Bertz CT molecular complexity index is 418. The van der Waals surface area contributed by atoms with Crippen LogP contribution < -0.4 is 5.32 Å². The van der Waals surface area contributed by atoms with E-state index in [1.54, 1.807) is 18.7 Å². The first-order chi connectivity index (χ1) is 7.36. The number of hydrogen-bond acceptors (Lipinski definition) is 3. The molecule has 0 aliphatic heterocycles. The van der Waals surface area contributed by atoms with Crippen LogP contribution in [0.2, 0.25) is 5.15 Å². The van der Waals surface area contributed by atoms with Gasteiger partial charge in [0, 0.05) is 30.4 Å². The lowest BCUT2D eigenvalue weighted by molar-refractivity contribution is 0.560. The molecule has 2 aromatic rings. The van der Waals surface area contributed by atoms with Gasteiger partial charge in [0.15, 0.2) is 0 Å². The molecule has 3 nitrogen and oxygen atoms in total. The van der Waals surface area contributed by atoms with Crippen molar-refractivity contribution in [3.05, 3.63) is 53.2 Å². The predicted octanol–water partition coefficient (Wildman–Crippen LogP) is 3.04. The van der Waals surface area contributed by atoms with Crippen molar-refractivity contribution in [2.45, 2.75) is 13.1 Å². The van der Waals surface area contributed by atoms with Gasteiger partial charge in [-0.25, -0.2) is 4.98 Å². The largest absolute Gasteiger partial charge is 0.472 e. The van der Waals surface area contributed by atoms with E-state index in [0.29, 0.717) is 11.7 Å². The van der Waals surface area contributed by atoms with Crippen molar-refractivity contribution in [2.24, 2.45) is 0 Å². The number of pyridine rings is 1. The molecule has 0 fully saturated rings. The molecule has 86 valence electrons. The number of furan rings is 1. The lowest BCUT2D eigenvalue weighted by Crippen LogP contribution is -2.12. The Morgan fingerprint density at radius 3 is 2.88 bits per heavy atom. The Kier molecular flexibility index (Phi) is 5.32. The monoisotopic (exact) mass is 258 g/mol. The van der Waals surface area contributed by atoms with Gasteiger partial charge >= 0.3 is 0 Å². The summed E-state index contributed by atoms with van der Waals surface area (Å²) in [5.41, 5.74) is 2.12. The van der Waals surface area contributed by atoms with Gasteiger partial charge in [-0.1, -0.05) is 17.7 Å². The second-order valence-corrected chi connectivity index (χ2v) is 3.55. The second-order valence-electron chi connectivity index (χ2n) is 3.19. The van der Waals surface area contributed by atoms with E-state index in [-0.39, 0.29) is 12.4 Å². The summed E-state index contributed by atoms with van der Waals surface area (Å²) in [5, 5.41) is 3.81. The van der Waals surface area contributed by atoms with Gasteiger partial charge in [0.1, 0.15) is 5.15 Å². The summed E-state index contributed by atoms with van der Waals surface area (Å²) in [4.78, 5) is 4.00. The molecule has 0 aromatic carbocycles. The van der Waals surface area contributed by atoms with Crippen LogP contribution >= 0.6 is 24.0 Å². The highest BCUT2D eigenvalue weighted by molar-refractivity contribution is 6.30. The standard InChI is InChI=1S/C11H11ClN2O.ClH/c12-11-10(2-1-4-14-11)7-13-6-9-3-5-15-8-9;/h1-5,8,13H,6-7H2;1H. The first-order valence-electron chi connectivity index (χ1n) is 4.67. The third-order valence-electron chi connectivity index (χ3n) is 2.06. The van der Waals surface area contributed by atoms with Crippen molar-refractivity contribution in [3.63, 3.8) is 0 Å². The van der Waals surface area contributed by atoms with Crippen molar-refractivity contribution in [1.29, 1.82) is 0 Å². The van der Waals surface area contributed by atoms with E-state index in [9.17, 15) is 0 Å². The molecule has 0 bridgehead atoms. The zero-order valence-electron chi connectivity index (χ0n) is 8.52. The zero-order chi connectivity index (χ0) is 10.5. The molecule has 0 spiro atoms. The first-order valence-corrected chi connectivity index (χ1v) is 5.05. The van der Waals surface area contributed by atoms with E-state index in [0.717, 1.165) is 17.7 Å². The topological polar surface area (TPSA) is 38.1 Å². The fourth-order valence-electron chi connectivity index (χ4n) is 1.29.